The highest BCUT2D eigenvalue weighted by Crippen LogP contribution is 2.36. The Morgan fingerprint density at radius 2 is 1.94 bits per heavy atom. The lowest BCUT2D eigenvalue weighted by Gasteiger charge is -2.27. The normalized spacial score (nSPS) is 19.1. The summed E-state index contributed by atoms with van der Waals surface area (Å²) in [6.07, 6.45) is 4.60. The summed E-state index contributed by atoms with van der Waals surface area (Å²) in [6, 6.07) is 8.09. The molecule has 0 heterocycles. The van der Waals surface area contributed by atoms with Crippen molar-refractivity contribution in [3.8, 4) is 0 Å². The molecule has 0 amide bonds. The molecule has 2 rings (SSSR count). The van der Waals surface area contributed by atoms with Crippen LogP contribution in [0.15, 0.2) is 24.3 Å². The Hall–Kier alpha value is -1.15. The van der Waals surface area contributed by atoms with Crippen LogP contribution in [0.4, 0.5) is 0 Å². The number of rotatable bonds is 5. The van der Waals surface area contributed by atoms with E-state index in [-0.39, 0.29) is 5.78 Å². The SMILES string of the molecule is CCC(C)(OC)C(=O)c1ccc(C2CCC2)cc1. The van der Waals surface area contributed by atoms with E-state index in [9.17, 15) is 4.79 Å². The Morgan fingerprint density at radius 3 is 2.33 bits per heavy atom. The molecule has 1 fully saturated rings. The van der Waals surface area contributed by atoms with Crippen molar-refractivity contribution in [3.63, 3.8) is 0 Å². The molecule has 0 aliphatic heterocycles. The molecule has 0 N–H and O–H groups in total. The van der Waals surface area contributed by atoms with E-state index in [2.05, 4.69) is 12.1 Å². The maximum absolute atomic E-state index is 12.4. The van der Waals surface area contributed by atoms with Crippen molar-refractivity contribution < 1.29 is 9.53 Å². The molecule has 0 spiro atoms. The number of methoxy groups -OCH3 is 1. The molecule has 0 radical (unpaired) electrons. The average Bonchev–Trinajstić information content (AvgIpc) is 2.36. The molecule has 18 heavy (non-hydrogen) atoms. The molecule has 98 valence electrons. The van der Waals surface area contributed by atoms with Gasteiger partial charge in [0.15, 0.2) is 5.78 Å². The second-order valence-corrected chi connectivity index (χ2v) is 5.37. The van der Waals surface area contributed by atoms with Crippen molar-refractivity contribution >= 4 is 5.78 Å². The average molecular weight is 246 g/mol. The van der Waals surface area contributed by atoms with Gasteiger partial charge in [0, 0.05) is 12.7 Å². The first-order valence-electron chi connectivity index (χ1n) is 6.80. The highest BCUT2D eigenvalue weighted by molar-refractivity contribution is 6.02. The molecule has 1 aromatic carbocycles. The first-order valence-corrected chi connectivity index (χ1v) is 6.80. The third-order valence-electron chi connectivity index (χ3n) is 4.35. The number of carbonyl (C=O) groups excluding carboxylic acids is 1. The number of hydrogen-bond acceptors (Lipinski definition) is 2. The number of ketones is 1. The molecule has 1 unspecified atom stereocenters. The first kappa shape index (κ1) is 13.3. The molecule has 2 heteroatoms. The molecule has 2 nitrogen and oxygen atoms in total. The molecule has 0 aromatic heterocycles. The largest absolute Gasteiger partial charge is 0.370 e. The summed E-state index contributed by atoms with van der Waals surface area (Å²) < 4.78 is 5.36. The summed E-state index contributed by atoms with van der Waals surface area (Å²) >= 11 is 0. The van der Waals surface area contributed by atoms with Crippen molar-refractivity contribution in [3.05, 3.63) is 35.4 Å². The van der Waals surface area contributed by atoms with Crippen LogP contribution >= 0.6 is 0 Å². The van der Waals surface area contributed by atoms with Gasteiger partial charge >= 0.3 is 0 Å². The van der Waals surface area contributed by atoms with E-state index in [1.165, 1.54) is 24.8 Å². The second-order valence-electron chi connectivity index (χ2n) is 5.37. The summed E-state index contributed by atoms with van der Waals surface area (Å²) in [4.78, 5) is 12.4. The van der Waals surface area contributed by atoms with Gasteiger partial charge < -0.3 is 4.74 Å². The number of benzene rings is 1. The summed E-state index contributed by atoms with van der Waals surface area (Å²) in [7, 11) is 1.60. The highest BCUT2D eigenvalue weighted by Gasteiger charge is 2.31. The monoisotopic (exact) mass is 246 g/mol. The number of ether oxygens (including phenoxy) is 1. The van der Waals surface area contributed by atoms with Crippen LogP contribution in [0.25, 0.3) is 0 Å². The predicted molar refractivity (Wildman–Crippen MR) is 73.1 cm³/mol. The minimum absolute atomic E-state index is 0.0765. The van der Waals surface area contributed by atoms with E-state index in [0.717, 1.165) is 5.56 Å². The smallest absolute Gasteiger partial charge is 0.194 e. The van der Waals surface area contributed by atoms with E-state index >= 15 is 0 Å². The van der Waals surface area contributed by atoms with E-state index in [1.54, 1.807) is 7.11 Å². The van der Waals surface area contributed by atoms with E-state index in [4.69, 9.17) is 4.74 Å². The first-order chi connectivity index (χ1) is 8.60. The van der Waals surface area contributed by atoms with Crippen molar-refractivity contribution in [2.45, 2.75) is 51.0 Å². The fourth-order valence-corrected chi connectivity index (χ4v) is 2.35. The fourth-order valence-electron chi connectivity index (χ4n) is 2.35. The summed E-state index contributed by atoms with van der Waals surface area (Å²) in [5, 5.41) is 0. The van der Waals surface area contributed by atoms with Crippen molar-refractivity contribution in [2.75, 3.05) is 7.11 Å². The lowest BCUT2D eigenvalue weighted by atomic mass is 9.79. The standard InChI is InChI=1S/C16H22O2/c1-4-16(2,18-3)15(17)14-10-8-13(9-11-14)12-6-5-7-12/h8-12H,4-7H2,1-3H3. The zero-order valence-corrected chi connectivity index (χ0v) is 11.5. The molecule has 0 saturated heterocycles. The minimum atomic E-state index is -0.696. The van der Waals surface area contributed by atoms with Gasteiger partial charge in [0.2, 0.25) is 0 Å². The van der Waals surface area contributed by atoms with Crippen LogP contribution in [0, 0.1) is 0 Å². The van der Waals surface area contributed by atoms with Gasteiger partial charge in [0.25, 0.3) is 0 Å². The third-order valence-corrected chi connectivity index (χ3v) is 4.35. The summed E-state index contributed by atoms with van der Waals surface area (Å²) in [6.45, 7) is 3.83. The van der Waals surface area contributed by atoms with Crippen LogP contribution in [-0.2, 0) is 4.74 Å². The van der Waals surface area contributed by atoms with E-state index < -0.39 is 5.60 Å². The van der Waals surface area contributed by atoms with Crippen LogP contribution in [0.2, 0.25) is 0 Å². The van der Waals surface area contributed by atoms with Crippen LogP contribution < -0.4 is 0 Å². The highest BCUT2D eigenvalue weighted by atomic mass is 16.5. The molecule has 1 aliphatic rings. The van der Waals surface area contributed by atoms with Gasteiger partial charge in [-0.1, -0.05) is 37.6 Å². The Labute approximate surface area is 109 Å². The minimum Gasteiger partial charge on any atom is -0.370 e. The maximum Gasteiger partial charge on any atom is 0.194 e. The van der Waals surface area contributed by atoms with Gasteiger partial charge in [-0.15, -0.1) is 0 Å². The van der Waals surface area contributed by atoms with Gasteiger partial charge in [-0.2, -0.15) is 0 Å². The van der Waals surface area contributed by atoms with Crippen LogP contribution in [-0.4, -0.2) is 18.5 Å². The van der Waals surface area contributed by atoms with Crippen LogP contribution in [0.3, 0.4) is 0 Å². The Balaban J connectivity index is 2.15. The van der Waals surface area contributed by atoms with Crippen molar-refractivity contribution in [1.82, 2.24) is 0 Å². The van der Waals surface area contributed by atoms with Crippen LogP contribution in [0.1, 0.15) is 61.4 Å². The van der Waals surface area contributed by atoms with E-state index in [1.807, 2.05) is 26.0 Å². The number of hydrogen-bond donors (Lipinski definition) is 0. The predicted octanol–water partition coefficient (Wildman–Crippen LogP) is 3.95. The van der Waals surface area contributed by atoms with Crippen LogP contribution in [0.5, 0.6) is 0 Å². The quantitative estimate of drug-likeness (QED) is 0.735. The molecule has 1 aliphatic carbocycles. The number of carbonyl (C=O) groups is 1. The van der Waals surface area contributed by atoms with Crippen molar-refractivity contribution in [2.24, 2.45) is 0 Å². The molecule has 1 aromatic rings. The lowest BCUT2D eigenvalue weighted by molar-refractivity contribution is 0.0106. The van der Waals surface area contributed by atoms with Gasteiger partial charge in [-0.05, 0) is 37.7 Å². The molecule has 1 atom stereocenters. The molecular formula is C16H22O2. The van der Waals surface area contributed by atoms with Crippen molar-refractivity contribution in [1.29, 1.82) is 0 Å². The molecular weight excluding hydrogens is 224 g/mol. The van der Waals surface area contributed by atoms with Gasteiger partial charge in [0.05, 0.1) is 0 Å². The maximum atomic E-state index is 12.4. The Kier molecular flexibility index (Phi) is 3.86. The molecule has 0 bridgehead atoms. The zero-order valence-electron chi connectivity index (χ0n) is 11.5. The second kappa shape index (κ2) is 5.23. The summed E-state index contributed by atoms with van der Waals surface area (Å²) in [5.41, 5.74) is 1.43. The number of Topliss-reactive ketones (excluding diaryl/α,β-unsaturated/α-hetero) is 1. The topological polar surface area (TPSA) is 26.3 Å². The van der Waals surface area contributed by atoms with Gasteiger partial charge in [-0.25, -0.2) is 0 Å². The van der Waals surface area contributed by atoms with E-state index in [0.29, 0.717) is 12.3 Å². The zero-order chi connectivity index (χ0) is 13.2. The lowest BCUT2D eigenvalue weighted by Crippen LogP contribution is -2.36. The van der Waals surface area contributed by atoms with Gasteiger partial charge in [-0.3, -0.25) is 4.79 Å². The molecule has 1 saturated carbocycles. The third kappa shape index (κ3) is 2.35. The fraction of sp³-hybridized carbons (Fsp3) is 0.562. The summed E-state index contributed by atoms with van der Waals surface area (Å²) in [5.74, 6) is 0.793. The van der Waals surface area contributed by atoms with Gasteiger partial charge in [0.1, 0.15) is 5.60 Å². The Bertz CT molecular complexity index is 411. The Morgan fingerprint density at radius 1 is 1.33 bits per heavy atom.